The minimum atomic E-state index is -0.680. The van der Waals surface area contributed by atoms with Crippen LogP contribution < -0.4 is 10.9 Å². The largest absolute Gasteiger partial charge is 0.341 e. The van der Waals surface area contributed by atoms with E-state index in [1.165, 1.54) is 18.2 Å². The maximum atomic E-state index is 14.0. The van der Waals surface area contributed by atoms with Crippen LogP contribution in [0.1, 0.15) is 35.3 Å². The zero-order valence-electron chi connectivity index (χ0n) is 11.2. The fourth-order valence-electron chi connectivity index (χ4n) is 2.59. The number of hydrogen-bond acceptors (Lipinski definition) is 3. The molecule has 0 bridgehead atoms. The van der Waals surface area contributed by atoms with Crippen LogP contribution >= 0.6 is 0 Å². The highest BCUT2D eigenvalue weighted by molar-refractivity contribution is 5.92. The second-order valence-corrected chi connectivity index (χ2v) is 5.18. The lowest BCUT2D eigenvalue weighted by atomic mass is 9.71. The van der Waals surface area contributed by atoms with Gasteiger partial charge in [0.25, 0.3) is 11.5 Å². The summed E-state index contributed by atoms with van der Waals surface area (Å²) in [5.74, 6) is -0.749. The summed E-state index contributed by atoms with van der Waals surface area (Å²) in [6.45, 7) is 0. The van der Waals surface area contributed by atoms with Crippen molar-refractivity contribution in [3.8, 4) is 0 Å². The van der Waals surface area contributed by atoms with Gasteiger partial charge in [-0.15, -0.1) is 0 Å². The Morgan fingerprint density at radius 3 is 2.57 bits per heavy atom. The zero-order valence-corrected chi connectivity index (χ0v) is 11.2. The van der Waals surface area contributed by atoms with Crippen molar-refractivity contribution < 1.29 is 9.18 Å². The van der Waals surface area contributed by atoms with Gasteiger partial charge in [0.2, 0.25) is 0 Å². The first-order valence-corrected chi connectivity index (χ1v) is 6.74. The van der Waals surface area contributed by atoms with Crippen molar-refractivity contribution in [2.45, 2.75) is 24.8 Å². The molecule has 2 aromatic rings. The van der Waals surface area contributed by atoms with Crippen molar-refractivity contribution in [1.29, 1.82) is 0 Å². The number of hydrogen-bond donors (Lipinski definition) is 2. The van der Waals surface area contributed by atoms with Gasteiger partial charge in [0.05, 0.1) is 5.54 Å². The Morgan fingerprint density at radius 2 is 2.00 bits per heavy atom. The van der Waals surface area contributed by atoms with Gasteiger partial charge in [0.1, 0.15) is 11.5 Å². The number of aromatic nitrogens is 2. The van der Waals surface area contributed by atoms with E-state index < -0.39 is 11.4 Å². The molecule has 5 nitrogen and oxygen atoms in total. The van der Waals surface area contributed by atoms with E-state index in [0.29, 0.717) is 18.4 Å². The zero-order chi connectivity index (χ0) is 14.9. The molecule has 1 saturated carbocycles. The SMILES string of the molecule is O=C(NC1(c2ccccc2F)CCC1)c1ccc(=O)[nH]n1. The molecule has 1 aromatic heterocycles. The Morgan fingerprint density at radius 1 is 1.24 bits per heavy atom. The topological polar surface area (TPSA) is 74.8 Å². The van der Waals surface area contributed by atoms with Crippen molar-refractivity contribution in [2.75, 3.05) is 0 Å². The van der Waals surface area contributed by atoms with Crippen LogP contribution in [0.4, 0.5) is 4.39 Å². The number of nitrogens with zero attached hydrogens (tertiary/aromatic N) is 1. The lowest BCUT2D eigenvalue weighted by Crippen LogP contribution is -2.51. The number of H-pyrrole nitrogens is 1. The van der Waals surface area contributed by atoms with Gasteiger partial charge in [0.15, 0.2) is 0 Å². The molecule has 0 atom stereocenters. The Hall–Kier alpha value is -2.50. The van der Waals surface area contributed by atoms with E-state index in [9.17, 15) is 14.0 Å². The van der Waals surface area contributed by atoms with Gasteiger partial charge < -0.3 is 5.32 Å². The predicted molar refractivity (Wildman–Crippen MR) is 74.3 cm³/mol. The van der Waals surface area contributed by atoms with E-state index in [1.54, 1.807) is 18.2 Å². The highest BCUT2D eigenvalue weighted by Crippen LogP contribution is 2.42. The van der Waals surface area contributed by atoms with Crippen LogP contribution in [0.15, 0.2) is 41.2 Å². The summed E-state index contributed by atoms with van der Waals surface area (Å²) in [5.41, 5.74) is -0.453. The van der Waals surface area contributed by atoms with Gasteiger partial charge >= 0.3 is 0 Å². The summed E-state index contributed by atoms with van der Waals surface area (Å²) in [5, 5.41) is 8.77. The summed E-state index contributed by atoms with van der Waals surface area (Å²) >= 11 is 0. The molecule has 0 radical (unpaired) electrons. The molecular weight excluding hydrogens is 273 g/mol. The molecular formula is C15H14FN3O2. The normalized spacial score (nSPS) is 16.0. The van der Waals surface area contributed by atoms with Crippen molar-refractivity contribution in [3.63, 3.8) is 0 Å². The van der Waals surface area contributed by atoms with Crippen LogP contribution in [0.5, 0.6) is 0 Å². The van der Waals surface area contributed by atoms with Crippen LogP contribution in [-0.2, 0) is 5.54 Å². The molecule has 1 aliphatic rings. The molecule has 108 valence electrons. The molecule has 0 unspecified atom stereocenters. The van der Waals surface area contributed by atoms with E-state index in [0.717, 1.165) is 6.42 Å². The van der Waals surface area contributed by atoms with Gasteiger partial charge in [-0.1, -0.05) is 18.2 Å². The fourth-order valence-corrected chi connectivity index (χ4v) is 2.59. The van der Waals surface area contributed by atoms with Crippen LogP contribution in [0.25, 0.3) is 0 Å². The van der Waals surface area contributed by atoms with Gasteiger partial charge in [-0.05, 0) is 31.4 Å². The standard InChI is InChI=1S/C15H14FN3O2/c16-11-5-2-1-4-10(11)15(8-3-9-15)17-14(21)12-6-7-13(20)19-18-12/h1-2,4-7H,3,8-9H2,(H,17,21)(H,19,20). The Kier molecular flexibility index (Phi) is 3.29. The molecule has 2 N–H and O–H groups in total. The van der Waals surface area contributed by atoms with Crippen LogP contribution in [0.3, 0.4) is 0 Å². The molecule has 1 amide bonds. The summed E-state index contributed by atoms with van der Waals surface area (Å²) in [7, 11) is 0. The first kappa shape index (κ1) is 13.5. The second-order valence-electron chi connectivity index (χ2n) is 5.18. The summed E-state index contributed by atoms with van der Waals surface area (Å²) in [6, 6.07) is 9.04. The minimum absolute atomic E-state index is 0.109. The average molecular weight is 287 g/mol. The van der Waals surface area contributed by atoms with E-state index in [4.69, 9.17) is 0 Å². The number of carbonyl (C=O) groups is 1. The summed E-state index contributed by atoms with van der Waals surface area (Å²) in [4.78, 5) is 23.2. The van der Waals surface area contributed by atoms with Crippen molar-refractivity contribution in [3.05, 3.63) is 63.8 Å². The van der Waals surface area contributed by atoms with E-state index in [1.807, 2.05) is 0 Å². The van der Waals surface area contributed by atoms with Crippen molar-refractivity contribution in [2.24, 2.45) is 0 Å². The number of aromatic amines is 1. The van der Waals surface area contributed by atoms with Gasteiger partial charge in [0, 0.05) is 11.6 Å². The minimum Gasteiger partial charge on any atom is -0.341 e. The van der Waals surface area contributed by atoms with Gasteiger partial charge in [-0.3, -0.25) is 9.59 Å². The quantitative estimate of drug-likeness (QED) is 0.902. The predicted octanol–water partition coefficient (Wildman–Crippen LogP) is 1.72. The maximum Gasteiger partial charge on any atom is 0.272 e. The molecule has 1 heterocycles. The second kappa shape index (κ2) is 5.12. The average Bonchev–Trinajstić information content (AvgIpc) is 2.44. The molecule has 0 saturated heterocycles. The Labute approximate surface area is 120 Å². The van der Waals surface area contributed by atoms with Crippen molar-refractivity contribution in [1.82, 2.24) is 15.5 Å². The highest BCUT2D eigenvalue weighted by atomic mass is 19.1. The van der Waals surface area contributed by atoms with E-state index >= 15 is 0 Å². The third-order valence-electron chi connectivity index (χ3n) is 3.86. The fraction of sp³-hybridized carbons (Fsp3) is 0.267. The van der Waals surface area contributed by atoms with E-state index in [-0.39, 0.29) is 17.1 Å². The molecule has 3 rings (SSSR count). The molecule has 1 aliphatic carbocycles. The molecule has 1 aromatic carbocycles. The van der Waals surface area contributed by atoms with Crippen molar-refractivity contribution >= 4 is 5.91 Å². The number of rotatable bonds is 3. The lowest BCUT2D eigenvalue weighted by molar-refractivity contribution is 0.0811. The number of carbonyl (C=O) groups excluding carboxylic acids is 1. The highest BCUT2D eigenvalue weighted by Gasteiger charge is 2.42. The third-order valence-corrected chi connectivity index (χ3v) is 3.86. The third kappa shape index (κ3) is 2.44. The van der Waals surface area contributed by atoms with Crippen LogP contribution in [0, 0.1) is 5.82 Å². The van der Waals surface area contributed by atoms with Crippen LogP contribution in [0.2, 0.25) is 0 Å². The number of benzene rings is 1. The number of amides is 1. The molecule has 0 aliphatic heterocycles. The van der Waals surface area contributed by atoms with Crippen LogP contribution in [-0.4, -0.2) is 16.1 Å². The van der Waals surface area contributed by atoms with Gasteiger partial charge in [-0.2, -0.15) is 5.10 Å². The Balaban J connectivity index is 1.88. The molecule has 21 heavy (non-hydrogen) atoms. The van der Waals surface area contributed by atoms with E-state index in [2.05, 4.69) is 15.5 Å². The number of halogens is 1. The lowest BCUT2D eigenvalue weighted by Gasteiger charge is -2.43. The Bertz CT molecular complexity index is 717. The molecule has 1 fully saturated rings. The molecule has 0 spiro atoms. The van der Waals surface area contributed by atoms with Gasteiger partial charge in [-0.25, -0.2) is 9.49 Å². The molecule has 6 heteroatoms. The number of nitrogens with one attached hydrogen (secondary N) is 2. The maximum absolute atomic E-state index is 14.0. The first-order valence-electron chi connectivity index (χ1n) is 6.74. The summed E-state index contributed by atoms with van der Waals surface area (Å²) in [6.07, 6.45) is 2.29. The summed E-state index contributed by atoms with van der Waals surface area (Å²) < 4.78 is 14.0. The first-order chi connectivity index (χ1) is 10.1. The monoisotopic (exact) mass is 287 g/mol. The smallest absolute Gasteiger partial charge is 0.272 e.